The van der Waals surface area contributed by atoms with Crippen molar-refractivity contribution in [1.29, 1.82) is 0 Å². The number of rotatable bonds is 3. The second kappa shape index (κ2) is 4.15. The third kappa shape index (κ3) is 2.04. The lowest BCUT2D eigenvalue weighted by Gasteiger charge is -2.56. The number of hydrogen-bond donors (Lipinski definition) is 0. The molecule has 0 aliphatic heterocycles. The van der Waals surface area contributed by atoms with Crippen LogP contribution in [-0.4, -0.2) is 23.9 Å². The van der Waals surface area contributed by atoms with Crippen molar-refractivity contribution in [3.63, 3.8) is 0 Å². The van der Waals surface area contributed by atoms with Crippen molar-refractivity contribution in [3.05, 3.63) is 0 Å². The first-order chi connectivity index (χ1) is 6.81. The van der Waals surface area contributed by atoms with Crippen LogP contribution in [0.4, 0.5) is 0 Å². The van der Waals surface area contributed by atoms with Crippen LogP contribution < -0.4 is 0 Å². The zero-order valence-electron chi connectivity index (χ0n) is 11.0. The van der Waals surface area contributed by atoms with E-state index in [0.29, 0.717) is 23.3 Å². The Balaban J connectivity index is 2.62. The standard InChI is InChI=1S/C13H25NO/c1-9(2)13(10(3)4)7-12(8-13)14(6)11(5)15/h9-10,12H,7-8H2,1-6H3. The zero-order valence-corrected chi connectivity index (χ0v) is 11.0. The minimum Gasteiger partial charge on any atom is -0.343 e. The fourth-order valence-electron chi connectivity index (χ4n) is 2.96. The molecule has 0 N–H and O–H groups in total. The van der Waals surface area contributed by atoms with Gasteiger partial charge in [-0.1, -0.05) is 27.7 Å². The highest BCUT2D eigenvalue weighted by Crippen LogP contribution is 2.53. The first-order valence-electron chi connectivity index (χ1n) is 6.04. The van der Waals surface area contributed by atoms with Gasteiger partial charge >= 0.3 is 0 Å². The van der Waals surface area contributed by atoms with E-state index in [4.69, 9.17) is 0 Å². The lowest BCUT2D eigenvalue weighted by molar-refractivity contribution is -0.138. The van der Waals surface area contributed by atoms with E-state index in [0.717, 1.165) is 0 Å². The maximum absolute atomic E-state index is 11.3. The average molecular weight is 211 g/mol. The van der Waals surface area contributed by atoms with Crippen LogP contribution in [0.25, 0.3) is 0 Å². The third-order valence-electron chi connectivity index (χ3n) is 4.58. The topological polar surface area (TPSA) is 20.3 Å². The van der Waals surface area contributed by atoms with E-state index in [1.807, 2.05) is 11.9 Å². The molecule has 88 valence electrons. The maximum atomic E-state index is 11.3. The van der Waals surface area contributed by atoms with Gasteiger partial charge in [0.25, 0.3) is 0 Å². The summed E-state index contributed by atoms with van der Waals surface area (Å²) >= 11 is 0. The Labute approximate surface area is 94.0 Å². The molecule has 2 nitrogen and oxygen atoms in total. The minimum absolute atomic E-state index is 0.195. The number of hydrogen-bond acceptors (Lipinski definition) is 1. The van der Waals surface area contributed by atoms with Crippen LogP contribution in [0.2, 0.25) is 0 Å². The van der Waals surface area contributed by atoms with E-state index in [1.54, 1.807) is 6.92 Å². The van der Waals surface area contributed by atoms with Crippen molar-refractivity contribution in [2.45, 2.75) is 53.5 Å². The summed E-state index contributed by atoms with van der Waals surface area (Å²) in [6.07, 6.45) is 2.36. The van der Waals surface area contributed by atoms with Gasteiger partial charge in [-0.05, 0) is 30.1 Å². The van der Waals surface area contributed by atoms with Crippen molar-refractivity contribution in [2.75, 3.05) is 7.05 Å². The Kier molecular flexibility index (Phi) is 3.47. The summed E-state index contributed by atoms with van der Waals surface area (Å²) < 4.78 is 0. The molecule has 0 saturated heterocycles. The quantitative estimate of drug-likeness (QED) is 0.703. The van der Waals surface area contributed by atoms with Crippen LogP contribution >= 0.6 is 0 Å². The molecule has 1 fully saturated rings. The lowest BCUT2D eigenvalue weighted by atomic mass is 9.54. The monoisotopic (exact) mass is 211 g/mol. The largest absolute Gasteiger partial charge is 0.343 e. The molecule has 0 aromatic carbocycles. The van der Waals surface area contributed by atoms with Gasteiger partial charge in [0.05, 0.1) is 0 Å². The molecule has 0 unspecified atom stereocenters. The van der Waals surface area contributed by atoms with Gasteiger partial charge in [0.1, 0.15) is 0 Å². The first-order valence-corrected chi connectivity index (χ1v) is 6.04. The van der Waals surface area contributed by atoms with Crippen LogP contribution in [0.1, 0.15) is 47.5 Å². The fraction of sp³-hybridized carbons (Fsp3) is 0.923. The molecule has 0 atom stereocenters. The van der Waals surface area contributed by atoms with Gasteiger partial charge in [-0.25, -0.2) is 0 Å². The Bertz CT molecular complexity index is 229. The second-order valence-corrected chi connectivity index (χ2v) is 5.73. The van der Waals surface area contributed by atoms with Gasteiger partial charge in [0.2, 0.25) is 5.91 Å². The molecule has 0 aromatic heterocycles. The highest BCUT2D eigenvalue weighted by atomic mass is 16.2. The highest BCUT2D eigenvalue weighted by Gasteiger charge is 2.49. The van der Waals surface area contributed by atoms with Crippen LogP contribution in [0.3, 0.4) is 0 Å². The van der Waals surface area contributed by atoms with Crippen molar-refractivity contribution in [2.24, 2.45) is 17.3 Å². The van der Waals surface area contributed by atoms with E-state index in [9.17, 15) is 4.79 Å². The zero-order chi connectivity index (χ0) is 11.8. The Morgan fingerprint density at radius 1 is 1.20 bits per heavy atom. The molecule has 1 rings (SSSR count). The number of carbonyl (C=O) groups is 1. The molecule has 0 spiro atoms. The fourth-order valence-corrected chi connectivity index (χ4v) is 2.96. The molecule has 2 heteroatoms. The van der Waals surface area contributed by atoms with E-state index >= 15 is 0 Å². The average Bonchev–Trinajstić information content (AvgIpc) is 1.99. The summed E-state index contributed by atoms with van der Waals surface area (Å²) in [4.78, 5) is 13.2. The van der Waals surface area contributed by atoms with Gasteiger partial charge in [0, 0.05) is 20.0 Å². The molecule has 0 heterocycles. The van der Waals surface area contributed by atoms with E-state index in [2.05, 4.69) is 27.7 Å². The van der Waals surface area contributed by atoms with Gasteiger partial charge in [-0.2, -0.15) is 0 Å². The van der Waals surface area contributed by atoms with Crippen molar-refractivity contribution in [1.82, 2.24) is 4.90 Å². The molecule has 1 saturated carbocycles. The summed E-state index contributed by atoms with van der Waals surface area (Å²) in [5.41, 5.74) is 0.467. The second-order valence-electron chi connectivity index (χ2n) is 5.73. The molecular formula is C13H25NO. The summed E-state index contributed by atoms with van der Waals surface area (Å²) in [5, 5.41) is 0. The van der Waals surface area contributed by atoms with E-state index in [1.165, 1.54) is 12.8 Å². The van der Waals surface area contributed by atoms with Crippen molar-refractivity contribution >= 4 is 5.91 Å². The molecule has 0 radical (unpaired) electrons. The predicted molar refractivity (Wildman–Crippen MR) is 63.6 cm³/mol. The molecule has 0 bridgehead atoms. The minimum atomic E-state index is 0.195. The highest BCUT2D eigenvalue weighted by molar-refractivity contribution is 5.73. The molecule has 15 heavy (non-hydrogen) atoms. The maximum Gasteiger partial charge on any atom is 0.219 e. The Hall–Kier alpha value is -0.530. The molecule has 1 aliphatic rings. The van der Waals surface area contributed by atoms with E-state index < -0.39 is 0 Å². The molecular weight excluding hydrogens is 186 g/mol. The summed E-state index contributed by atoms with van der Waals surface area (Å²) in [7, 11) is 1.93. The number of carbonyl (C=O) groups excluding carboxylic acids is 1. The molecule has 1 amide bonds. The van der Waals surface area contributed by atoms with Crippen molar-refractivity contribution in [3.8, 4) is 0 Å². The summed E-state index contributed by atoms with van der Waals surface area (Å²) in [6.45, 7) is 10.9. The predicted octanol–water partition coefficient (Wildman–Crippen LogP) is 2.93. The Morgan fingerprint density at radius 3 is 1.87 bits per heavy atom. The van der Waals surface area contributed by atoms with Crippen molar-refractivity contribution < 1.29 is 4.79 Å². The first kappa shape index (κ1) is 12.5. The van der Waals surface area contributed by atoms with E-state index in [-0.39, 0.29) is 5.91 Å². The van der Waals surface area contributed by atoms with Crippen LogP contribution in [0.15, 0.2) is 0 Å². The number of amides is 1. The third-order valence-corrected chi connectivity index (χ3v) is 4.58. The van der Waals surface area contributed by atoms with Crippen LogP contribution in [0.5, 0.6) is 0 Å². The lowest BCUT2D eigenvalue weighted by Crippen LogP contribution is -2.55. The van der Waals surface area contributed by atoms with Gasteiger partial charge in [-0.3, -0.25) is 4.79 Å². The van der Waals surface area contributed by atoms with Crippen LogP contribution in [0, 0.1) is 17.3 Å². The SMILES string of the molecule is CC(=O)N(C)C1CC(C(C)C)(C(C)C)C1. The molecule has 0 aromatic rings. The summed E-state index contributed by atoms with van der Waals surface area (Å²) in [6, 6.07) is 0.479. The van der Waals surface area contributed by atoms with Gasteiger partial charge in [-0.15, -0.1) is 0 Å². The smallest absolute Gasteiger partial charge is 0.219 e. The number of nitrogens with zero attached hydrogens (tertiary/aromatic N) is 1. The van der Waals surface area contributed by atoms with Gasteiger partial charge in [0.15, 0.2) is 0 Å². The Morgan fingerprint density at radius 2 is 1.60 bits per heavy atom. The van der Waals surface area contributed by atoms with Crippen LogP contribution in [-0.2, 0) is 4.79 Å². The molecule has 1 aliphatic carbocycles. The normalized spacial score (nSPS) is 20.5. The van der Waals surface area contributed by atoms with Gasteiger partial charge < -0.3 is 4.90 Å². The summed E-state index contributed by atoms with van der Waals surface area (Å²) in [5.74, 6) is 1.63.